The molecular formula is C16H16FNO2S. The Morgan fingerprint density at radius 2 is 2.00 bits per heavy atom. The number of hydrogen-bond donors (Lipinski definition) is 1. The lowest BCUT2D eigenvalue weighted by Crippen LogP contribution is -2.24. The number of carbonyl (C=O) groups is 2. The van der Waals surface area contributed by atoms with Crippen molar-refractivity contribution in [2.45, 2.75) is 26.8 Å². The molecule has 1 aromatic heterocycles. The summed E-state index contributed by atoms with van der Waals surface area (Å²) in [5.41, 5.74) is 2.12. The van der Waals surface area contributed by atoms with Gasteiger partial charge in [-0.2, -0.15) is 0 Å². The standard InChI is InChI=1S/C16H16FNO2S/c1-10-3-4-12(5-14(10)17)8-18-16(20)7-13-6-15(11(2)19)21-9-13/h3-6,9H,7-8H2,1-2H3,(H,18,20). The summed E-state index contributed by atoms with van der Waals surface area (Å²) in [6, 6.07) is 6.64. The molecule has 0 radical (unpaired) electrons. The van der Waals surface area contributed by atoms with Crippen molar-refractivity contribution in [3.05, 3.63) is 57.0 Å². The molecule has 1 aromatic carbocycles. The largest absolute Gasteiger partial charge is 0.352 e. The number of rotatable bonds is 5. The van der Waals surface area contributed by atoms with Crippen molar-refractivity contribution in [3.8, 4) is 0 Å². The Hall–Kier alpha value is -2.01. The van der Waals surface area contributed by atoms with Gasteiger partial charge < -0.3 is 5.32 Å². The molecule has 0 aliphatic rings. The van der Waals surface area contributed by atoms with Crippen molar-refractivity contribution < 1.29 is 14.0 Å². The highest BCUT2D eigenvalue weighted by Crippen LogP contribution is 2.15. The van der Waals surface area contributed by atoms with Gasteiger partial charge in [-0.25, -0.2) is 4.39 Å². The lowest BCUT2D eigenvalue weighted by molar-refractivity contribution is -0.120. The Morgan fingerprint density at radius 3 is 2.62 bits per heavy atom. The van der Waals surface area contributed by atoms with E-state index in [-0.39, 0.29) is 23.9 Å². The molecule has 1 heterocycles. The maximum Gasteiger partial charge on any atom is 0.224 e. The summed E-state index contributed by atoms with van der Waals surface area (Å²) in [5, 5.41) is 4.55. The van der Waals surface area contributed by atoms with Crippen molar-refractivity contribution in [1.29, 1.82) is 0 Å². The summed E-state index contributed by atoms with van der Waals surface area (Å²) in [5.74, 6) is -0.420. The van der Waals surface area contributed by atoms with Crippen molar-refractivity contribution in [2.75, 3.05) is 0 Å². The fourth-order valence-corrected chi connectivity index (χ4v) is 2.66. The van der Waals surface area contributed by atoms with Gasteiger partial charge in [0.15, 0.2) is 5.78 Å². The minimum absolute atomic E-state index is 0.00166. The molecule has 0 aliphatic heterocycles. The average Bonchev–Trinajstić information content (AvgIpc) is 2.89. The molecule has 1 amide bonds. The smallest absolute Gasteiger partial charge is 0.224 e. The molecular weight excluding hydrogens is 289 g/mol. The molecule has 0 fully saturated rings. The number of amides is 1. The van der Waals surface area contributed by atoms with Crippen LogP contribution >= 0.6 is 11.3 Å². The van der Waals surface area contributed by atoms with E-state index in [4.69, 9.17) is 0 Å². The van der Waals surface area contributed by atoms with Crippen LogP contribution in [0.5, 0.6) is 0 Å². The second kappa shape index (κ2) is 6.63. The van der Waals surface area contributed by atoms with Crippen LogP contribution in [0.2, 0.25) is 0 Å². The lowest BCUT2D eigenvalue weighted by atomic mass is 10.1. The molecule has 0 atom stereocenters. The Bertz CT molecular complexity index is 679. The van der Waals surface area contributed by atoms with Gasteiger partial charge >= 0.3 is 0 Å². The third-order valence-electron chi connectivity index (χ3n) is 3.09. The highest BCUT2D eigenvalue weighted by molar-refractivity contribution is 7.12. The number of halogens is 1. The van der Waals surface area contributed by atoms with Gasteiger partial charge in [-0.15, -0.1) is 11.3 Å². The zero-order chi connectivity index (χ0) is 15.4. The van der Waals surface area contributed by atoms with E-state index in [1.54, 1.807) is 25.1 Å². The molecule has 2 aromatic rings. The van der Waals surface area contributed by atoms with Crippen molar-refractivity contribution >= 4 is 23.0 Å². The van der Waals surface area contributed by atoms with Gasteiger partial charge in [0.25, 0.3) is 0 Å². The van der Waals surface area contributed by atoms with Crippen LogP contribution in [0.3, 0.4) is 0 Å². The van der Waals surface area contributed by atoms with Gasteiger partial charge in [0.1, 0.15) is 5.82 Å². The SMILES string of the molecule is CC(=O)c1cc(CC(=O)NCc2ccc(C)c(F)c2)cs1. The Labute approximate surface area is 126 Å². The molecule has 0 saturated carbocycles. The van der Waals surface area contributed by atoms with E-state index in [9.17, 15) is 14.0 Å². The van der Waals surface area contributed by atoms with Crippen LogP contribution in [0.1, 0.15) is 33.3 Å². The summed E-state index contributed by atoms with van der Waals surface area (Å²) >= 11 is 1.34. The van der Waals surface area contributed by atoms with Gasteiger partial charge in [0.2, 0.25) is 5.91 Å². The summed E-state index contributed by atoms with van der Waals surface area (Å²) in [7, 11) is 0. The molecule has 0 saturated heterocycles. The maximum atomic E-state index is 13.4. The number of ketones is 1. The Kier molecular flexibility index (Phi) is 4.85. The fraction of sp³-hybridized carbons (Fsp3) is 0.250. The van der Waals surface area contributed by atoms with Crippen LogP contribution in [0.4, 0.5) is 4.39 Å². The zero-order valence-corrected chi connectivity index (χ0v) is 12.7. The number of Topliss-reactive ketones (excluding diaryl/α,β-unsaturated/α-hetero) is 1. The first kappa shape index (κ1) is 15.4. The van der Waals surface area contributed by atoms with Crippen LogP contribution in [-0.4, -0.2) is 11.7 Å². The first-order valence-corrected chi connectivity index (χ1v) is 7.43. The zero-order valence-electron chi connectivity index (χ0n) is 11.9. The van der Waals surface area contributed by atoms with Crippen LogP contribution < -0.4 is 5.32 Å². The number of nitrogens with one attached hydrogen (secondary N) is 1. The summed E-state index contributed by atoms with van der Waals surface area (Å²) in [6.07, 6.45) is 0.220. The van der Waals surface area contributed by atoms with E-state index in [0.717, 1.165) is 11.1 Å². The Morgan fingerprint density at radius 1 is 1.24 bits per heavy atom. The molecule has 0 bridgehead atoms. The first-order chi connectivity index (χ1) is 9.95. The highest BCUT2D eigenvalue weighted by Gasteiger charge is 2.08. The van der Waals surface area contributed by atoms with E-state index in [2.05, 4.69) is 5.32 Å². The number of carbonyl (C=O) groups excluding carboxylic acids is 2. The maximum absolute atomic E-state index is 13.4. The number of hydrogen-bond acceptors (Lipinski definition) is 3. The first-order valence-electron chi connectivity index (χ1n) is 6.56. The number of benzene rings is 1. The molecule has 2 rings (SSSR count). The molecule has 3 nitrogen and oxygen atoms in total. The second-order valence-electron chi connectivity index (χ2n) is 4.91. The monoisotopic (exact) mass is 305 g/mol. The van der Waals surface area contributed by atoms with Crippen LogP contribution in [-0.2, 0) is 17.8 Å². The molecule has 0 aliphatic carbocycles. The topological polar surface area (TPSA) is 46.2 Å². The van der Waals surface area contributed by atoms with Crippen LogP contribution in [0, 0.1) is 12.7 Å². The summed E-state index contributed by atoms with van der Waals surface area (Å²) in [6.45, 7) is 3.49. The quantitative estimate of drug-likeness (QED) is 0.862. The van der Waals surface area contributed by atoms with E-state index >= 15 is 0 Å². The van der Waals surface area contributed by atoms with Gasteiger partial charge in [-0.1, -0.05) is 12.1 Å². The minimum atomic E-state index is -0.273. The Balaban J connectivity index is 1.89. The average molecular weight is 305 g/mol. The molecule has 1 N–H and O–H groups in total. The van der Waals surface area contributed by atoms with Gasteiger partial charge in [0.05, 0.1) is 11.3 Å². The number of thiophene rings is 1. The van der Waals surface area contributed by atoms with Crippen molar-refractivity contribution in [3.63, 3.8) is 0 Å². The van der Waals surface area contributed by atoms with E-state index in [1.807, 2.05) is 5.38 Å². The van der Waals surface area contributed by atoms with Crippen LogP contribution in [0.25, 0.3) is 0 Å². The van der Waals surface area contributed by atoms with E-state index < -0.39 is 0 Å². The second-order valence-corrected chi connectivity index (χ2v) is 5.82. The summed E-state index contributed by atoms with van der Waals surface area (Å²) in [4.78, 5) is 23.7. The normalized spacial score (nSPS) is 10.4. The summed E-state index contributed by atoms with van der Waals surface area (Å²) < 4.78 is 13.4. The number of aryl methyl sites for hydroxylation is 1. The molecule has 110 valence electrons. The van der Waals surface area contributed by atoms with Crippen molar-refractivity contribution in [1.82, 2.24) is 5.32 Å². The third kappa shape index (κ3) is 4.23. The van der Waals surface area contributed by atoms with E-state index in [0.29, 0.717) is 17.0 Å². The highest BCUT2D eigenvalue weighted by atomic mass is 32.1. The lowest BCUT2D eigenvalue weighted by Gasteiger charge is -2.06. The third-order valence-corrected chi connectivity index (χ3v) is 4.17. The van der Waals surface area contributed by atoms with Gasteiger partial charge in [-0.05, 0) is 48.1 Å². The predicted molar refractivity (Wildman–Crippen MR) is 81.0 cm³/mol. The van der Waals surface area contributed by atoms with Gasteiger partial charge in [0, 0.05) is 6.54 Å². The van der Waals surface area contributed by atoms with Crippen molar-refractivity contribution in [2.24, 2.45) is 0 Å². The minimum Gasteiger partial charge on any atom is -0.352 e. The fourth-order valence-electron chi connectivity index (χ4n) is 1.85. The molecule has 0 unspecified atom stereocenters. The van der Waals surface area contributed by atoms with Gasteiger partial charge in [-0.3, -0.25) is 9.59 Å². The van der Waals surface area contributed by atoms with Crippen LogP contribution in [0.15, 0.2) is 29.6 Å². The molecule has 5 heteroatoms. The van der Waals surface area contributed by atoms with E-state index in [1.165, 1.54) is 24.3 Å². The molecule has 0 spiro atoms. The molecule has 21 heavy (non-hydrogen) atoms. The predicted octanol–water partition coefficient (Wildman–Crippen LogP) is 3.26.